The highest BCUT2D eigenvalue weighted by atomic mass is 35.5. The largest absolute Gasteiger partial charge is 0.396 e. The number of rotatable bonds is 5. The average molecular weight is 307 g/mol. The first kappa shape index (κ1) is 15.7. The molecule has 0 saturated heterocycles. The summed E-state index contributed by atoms with van der Waals surface area (Å²) in [7, 11) is 0. The lowest BCUT2D eigenvalue weighted by Gasteiger charge is -2.13. The fourth-order valence-electron chi connectivity index (χ4n) is 1.41. The minimum Gasteiger partial charge on any atom is -0.396 e. The van der Waals surface area contributed by atoms with Crippen molar-refractivity contribution in [1.29, 1.82) is 0 Å². The van der Waals surface area contributed by atoms with Crippen LogP contribution in [0.3, 0.4) is 0 Å². The van der Waals surface area contributed by atoms with Crippen LogP contribution in [0.2, 0.25) is 10.0 Å². The summed E-state index contributed by atoms with van der Waals surface area (Å²) in [4.78, 5) is 22.0. The maximum absolute atomic E-state index is 11.9. The molecule has 0 saturated carbocycles. The van der Waals surface area contributed by atoms with Gasteiger partial charge in [-0.3, -0.25) is 14.9 Å². The Morgan fingerprint density at radius 2 is 2.16 bits per heavy atom. The quantitative estimate of drug-likeness (QED) is 0.645. The van der Waals surface area contributed by atoms with Crippen LogP contribution in [0.5, 0.6) is 0 Å². The second-order valence-corrected chi connectivity index (χ2v) is 4.72. The first-order chi connectivity index (χ1) is 8.86. The maximum Gasteiger partial charge on any atom is 0.271 e. The Kier molecular flexibility index (Phi) is 5.53. The number of carbonyl (C=O) groups excluding carboxylic acids is 1. The van der Waals surface area contributed by atoms with Crippen molar-refractivity contribution in [1.82, 2.24) is 5.32 Å². The van der Waals surface area contributed by atoms with E-state index in [0.717, 1.165) is 12.1 Å². The number of amides is 1. The van der Waals surface area contributed by atoms with Crippen LogP contribution in [-0.4, -0.2) is 28.6 Å². The number of hydrogen-bond donors (Lipinski definition) is 2. The van der Waals surface area contributed by atoms with Gasteiger partial charge < -0.3 is 10.4 Å². The number of carbonyl (C=O) groups is 1. The Morgan fingerprint density at radius 3 is 2.68 bits per heavy atom. The van der Waals surface area contributed by atoms with Crippen LogP contribution in [0.15, 0.2) is 12.1 Å². The highest BCUT2D eigenvalue weighted by Gasteiger charge is 2.20. The molecular formula is C11H12Cl2N2O4. The van der Waals surface area contributed by atoms with Gasteiger partial charge >= 0.3 is 0 Å². The number of nitrogens with one attached hydrogen (secondary N) is 1. The van der Waals surface area contributed by atoms with Gasteiger partial charge in [0.25, 0.3) is 11.6 Å². The van der Waals surface area contributed by atoms with Crippen molar-refractivity contribution in [3.63, 3.8) is 0 Å². The van der Waals surface area contributed by atoms with Crippen LogP contribution in [0.4, 0.5) is 5.69 Å². The molecule has 0 aliphatic heterocycles. The molecule has 1 aromatic carbocycles. The molecule has 0 fully saturated rings. The SMILES string of the molecule is CC(CCO)NC(=O)c1cc([N+](=O)[O-])cc(Cl)c1Cl. The number of benzene rings is 1. The van der Waals surface area contributed by atoms with E-state index in [4.69, 9.17) is 28.3 Å². The van der Waals surface area contributed by atoms with Gasteiger partial charge in [-0.15, -0.1) is 0 Å². The van der Waals surface area contributed by atoms with E-state index in [1.807, 2.05) is 0 Å². The highest BCUT2D eigenvalue weighted by molar-refractivity contribution is 6.44. The molecule has 0 radical (unpaired) electrons. The zero-order valence-electron chi connectivity index (χ0n) is 10.0. The van der Waals surface area contributed by atoms with E-state index in [-0.39, 0.29) is 33.9 Å². The van der Waals surface area contributed by atoms with Crippen LogP contribution < -0.4 is 5.32 Å². The van der Waals surface area contributed by atoms with Crippen LogP contribution in [-0.2, 0) is 0 Å². The molecule has 0 heterocycles. The number of aliphatic hydroxyl groups excluding tert-OH is 1. The lowest BCUT2D eigenvalue weighted by Crippen LogP contribution is -2.33. The van der Waals surface area contributed by atoms with Crippen molar-refractivity contribution < 1.29 is 14.8 Å². The minimum atomic E-state index is -0.657. The van der Waals surface area contributed by atoms with E-state index < -0.39 is 10.8 Å². The van der Waals surface area contributed by atoms with Crippen molar-refractivity contribution in [3.8, 4) is 0 Å². The molecule has 0 spiro atoms. The van der Waals surface area contributed by atoms with Crippen molar-refractivity contribution in [2.75, 3.05) is 6.61 Å². The molecule has 1 rings (SSSR count). The van der Waals surface area contributed by atoms with E-state index >= 15 is 0 Å². The number of nitro benzene ring substituents is 1. The van der Waals surface area contributed by atoms with E-state index in [0.29, 0.717) is 6.42 Å². The number of halogens is 2. The van der Waals surface area contributed by atoms with Crippen molar-refractivity contribution >= 4 is 34.8 Å². The van der Waals surface area contributed by atoms with Gasteiger partial charge in [-0.2, -0.15) is 0 Å². The Bertz CT molecular complexity index is 508. The first-order valence-electron chi connectivity index (χ1n) is 5.42. The van der Waals surface area contributed by atoms with E-state index in [2.05, 4.69) is 5.32 Å². The predicted octanol–water partition coefficient (Wildman–Crippen LogP) is 2.40. The molecule has 0 bridgehead atoms. The molecule has 8 heteroatoms. The minimum absolute atomic E-state index is 0.0408. The summed E-state index contributed by atoms with van der Waals surface area (Å²) >= 11 is 11.6. The summed E-state index contributed by atoms with van der Waals surface area (Å²) in [5.74, 6) is -0.573. The van der Waals surface area contributed by atoms with Crippen LogP contribution in [0.25, 0.3) is 0 Å². The normalized spacial score (nSPS) is 12.0. The monoisotopic (exact) mass is 306 g/mol. The topological polar surface area (TPSA) is 92.5 Å². The van der Waals surface area contributed by atoms with Crippen LogP contribution in [0.1, 0.15) is 23.7 Å². The molecule has 1 amide bonds. The smallest absolute Gasteiger partial charge is 0.271 e. The third-order valence-electron chi connectivity index (χ3n) is 2.41. The Balaban J connectivity index is 3.05. The predicted molar refractivity (Wildman–Crippen MR) is 71.7 cm³/mol. The molecule has 6 nitrogen and oxygen atoms in total. The number of aliphatic hydroxyl groups is 1. The molecule has 0 aromatic heterocycles. The Hall–Kier alpha value is -1.37. The fraction of sp³-hybridized carbons (Fsp3) is 0.364. The van der Waals surface area contributed by atoms with E-state index in [9.17, 15) is 14.9 Å². The molecule has 1 unspecified atom stereocenters. The number of nitro groups is 1. The van der Waals surface area contributed by atoms with Crippen LogP contribution >= 0.6 is 23.2 Å². The highest BCUT2D eigenvalue weighted by Crippen LogP contribution is 2.30. The molecule has 2 N–H and O–H groups in total. The summed E-state index contributed by atoms with van der Waals surface area (Å²) in [6.07, 6.45) is 0.367. The second-order valence-electron chi connectivity index (χ2n) is 3.93. The number of non-ortho nitro benzene ring substituents is 1. The summed E-state index contributed by atoms with van der Waals surface area (Å²) in [6, 6.07) is 1.86. The number of hydrogen-bond acceptors (Lipinski definition) is 4. The zero-order valence-corrected chi connectivity index (χ0v) is 11.5. The van der Waals surface area contributed by atoms with E-state index in [1.54, 1.807) is 6.92 Å². The van der Waals surface area contributed by atoms with Gasteiger partial charge in [-0.05, 0) is 13.3 Å². The Labute approximate surface area is 119 Å². The first-order valence-corrected chi connectivity index (χ1v) is 6.17. The van der Waals surface area contributed by atoms with E-state index in [1.165, 1.54) is 0 Å². The van der Waals surface area contributed by atoms with Crippen molar-refractivity contribution in [3.05, 3.63) is 37.9 Å². The van der Waals surface area contributed by atoms with Crippen molar-refractivity contribution in [2.24, 2.45) is 0 Å². The molecular weight excluding hydrogens is 295 g/mol. The summed E-state index contributed by atoms with van der Waals surface area (Å²) in [5.41, 5.74) is -0.375. The molecule has 104 valence electrons. The van der Waals surface area contributed by atoms with Crippen molar-refractivity contribution in [2.45, 2.75) is 19.4 Å². The average Bonchev–Trinajstić information content (AvgIpc) is 2.32. The molecule has 0 aliphatic carbocycles. The van der Waals surface area contributed by atoms with Gasteiger partial charge in [0.1, 0.15) is 0 Å². The summed E-state index contributed by atoms with van der Waals surface area (Å²) < 4.78 is 0. The molecule has 1 aromatic rings. The Morgan fingerprint density at radius 1 is 1.53 bits per heavy atom. The number of nitrogens with zero attached hydrogens (tertiary/aromatic N) is 1. The van der Waals surface area contributed by atoms with Gasteiger partial charge in [0.2, 0.25) is 0 Å². The summed E-state index contributed by atoms with van der Waals surface area (Å²) in [6.45, 7) is 1.62. The van der Waals surface area contributed by atoms with Gasteiger partial charge in [0.05, 0.1) is 20.5 Å². The third-order valence-corrected chi connectivity index (χ3v) is 3.21. The lowest BCUT2D eigenvalue weighted by atomic mass is 10.1. The lowest BCUT2D eigenvalue weighted by molar-refractivity contribution is -0.384. The van der Waals surface area contributed by atoms with Gasteiger partial charge in [-0.25, -0.2) is 0 Å². The fourth-order valence-corrected chi connectivity index (χ4v) is 1.82. The molecule has 19 heavy (non-hydrogen) atoms. The molecule has 0 aliphatic rings. The van der Waals surface area contributed by atoms with Gasteiger partial charge in [-0.1, -0.05) is 23.2 Å². The third kappa shape index (κ3) is 4.05. The van der Waals surface area contributed by atoms with Crippen LogP contribution in [0, 0.1) is 10.1 Å². The summed E-state index contributed by atoms with van der Waals surface area (Å²) in [5, 5.41) is 21.9. The standard InChI is InChI=1S/C11H12Cl2N2O4/c1-6(2-3-16)14-11(17)8-4-7(15(18)19)5-9(12)10(8)13/h4-6,16H,2-3H2,1H3,(H,14,17). The second kappa shape index (κ2) is 6.70. The molecule has 1 atom stereocenters. The zero-order chi connectivity index (χ0) is 14.6. The maximum atomic E-state index is 11.9. The van der Waals surface area contributed by atoms with Gasteiger partial charge in [0, 0.05) is 24.8 Å². The van der Waals surface area contributed by atoms with Gasteiger partial charge in [0.15, 0.2) is 0 Å².